The van der Waals surface area contributed by atoms with E-state index in [1.807, 2.05) is 0 Å². The molecule has 0 unspecified atom stereocenters. The molecular formula is C10H11NO3S. The van der Waals surface area contributed by atoms with E-state index in [1.165, 1.54) is 11.3 Å². The highest BCUT2D eigenvalue weighted by molar-refractivity contribution is 7.12. The Morgan fingerprint density at radius 2 is 2.07 bits per heavy atom. The van der Waals surface area contributed by atoms with E-state index in [1.54, 1.807) is 22.4 Å². The average molecular weight is 225 g/mol. The van der Waals surface area contributed by atoms with Gasteiger partial charge in [-0.05, 0) is 11.4 Å². The molecule has 1 aliphatic rings. The number of ether oxygens (including phenoxy) is 1. The molecule has 0 N–H and O–H groups in total. The first-order valence-electron chi connectivity index (χ1n) is 4.74. The second-order valence-electron chi connectivity index (χ2n) is 3.21. The van der Waals surface area contributed by atoms with Crippen LogP contribution in [0.1, 0.15) is 9.67 Å². The van der Waals surface area contributed by atoms with Crippen molar-refractivity contribution in [3.05, 3.63) is 22.4 Å². The van der Waals surface area contributed by atoms with E-state index in [-0.39, 0.29) is 0 Å². The van der Waals surface area contributed by atoms with Gasteiger partial charge in [-0.15, -0.1) is 11.3 Å². The van der Waals surface area contributed by atoms with E-state index in [0.29, 0.717) is 31.2 Å². The van der Waals surface area contributed by atoms with E-state index in [4.69, 9.17) is 4.74 Å². The van der Waals surface area contributed by atoms with Crippen LogP contribution >= 0.6 is 11.3 Å². The van der Waals surface area contributed by atoms with E-state index in [0.717, 1.165) is 0 Å². The van der Waals surface area contributed by atoms with Gasteiger partial charge in [0.2, 0.25) is 0 Å². The molecule has 0 spiro atoms. The monoisotopic (exact) mass is 225 g/mol. The fourth-order valence-electron chi connectivity index (χ4n) is 1.42. The molecule has 0 aliphatic carbocycles. The van der Waals surface area contributed by atoms with Crippen LogP contribution in [0, 0.1) is 0 Å². The Hall–Kier alpha value is -1.20. The smallest absolute Gasteiger partial charge is 0.295 e. The van der Waals surface area contributed by atoms with Gasteiger partial charge in [0.1, 0.15) is 0 Å². The first-order chi connectivity index (χ1) is 7.29. The largest absolute Gasteiger partial charge is 0.378 e. The van der Waals surface area contributed by atoms with E-state index < -0.39 is 11.7 Å². The minimum Gasteiger partial charge on any atom is -0.378 e. The summed E-state index contributed by atoms with van der Waals surface area (Å²) in [5, 5.41) is 1.79. The molecule has 4 nitrogen and oxygen atoms in total. The van der Waals surface area contributed by atoms with Crippen molar-refractivity contribution in [1.29, 1.82) is 0 Å². The Morgan fingerprint density at radius 3 is 2.67 bits per heavy atom. The Morgan fingerprint density at radius 1 is 1.33 bits per heavy atom. The number of Topliss-reactive ketones (excluding diaryl/α,β-unsaturated/α-hetero) is 1. The lowest BCUT2D eigenvalue weighted by Gasteiger charge is -2.25. The SMILES string of the molecule is O=C(C(=O)N1CCOCC1)c1cccs1. The van der Waals surface area contributed by atoms with Gasteiger partial charge < -0.3 is 9.64 Å². The molecule has 1 saturated heterocycles. The molecule has 1 aromatic heterocycles. The summed E-state index contributed by atoms with van der Waals surface area (Å²) in [7, 11) is 0. The Labute approximate surface area is 91.5 Å². The summed E-state index contributed by atoms with van der Waals surface area (Å²) >= 11 is 1.30. The number of nitrogens with zero attached hydrogens (tertiary/aromatic N) is 1. The zero-order chi connectivity index (χ0) is 10.7. The predicted octanol–water partition coefficient (Wildman–Crippen LogP) is 0.790. The molecular weight excluding hydrogens is 214 g/mol. The third-order valence-corrected chi connectivity index (χ3v) is 3.11. The highest BCUT2D eigenvalue weighted by Gasteiger charge is 2.25. The van der Waals surface area contributed by atoms with Crippen LogP contribution in [0.3, 0.4) is 0 Å². The number of hydrogen-bond acceptors (Lipinski definition) is 4. The maximum Gasteiger partial charge on any atom is 0.295 e. The van der Waals surface area contributed by atoms with Crippen LogP contribution in [-0.4, -0.2) is 42.9 Å². The molecule has 0 atom stereocenters. The number of hydrogen-bond donors (Lipinski definition) is 0. The second kappa shape index (κ2) is 4.55. The second-order valence-corrected chi connectivity index (χ2v) is 4.16. The zero-order valence-electron chi connectivity index (χ0n) is 8.14. The summed E-state index contributed by atoms with van der Waals surface area (Å²) < 4.78 is 5.12. The average Bonchev–Trinajstić information content (AvgIpc) is 2.82. The minimum absolute atomic E-state index is 0.410. The van der Waals surface area contributed by atoms with Crippen LogP contribution in [0.25, 0.3) is 0 Å². The van der Waals surface area contributed by atoms with Crippen molar-refractivity contribution >= 4 is 23.0 Å². The van der Waals surface area contributed by atoms with E-state index >= 15 is 0 Å². The molecule has 1 aliphatic heterocycles. The van der Waals surface area contributed by atoms with Gasteiger partial charge in [-0.3, -0.25) is 9.59 Å². The van der Waals surface area contributed by atoms with Crippen molar-refractivity contribution in [1.82, 2.24) is 4.90 Å². The van der Waals surface area contributed by atoms with Gasteiger partial charge >= 0.3 is 0 Å². The lowest BCUT2D eigenvalue weighted by Crippen LogP contribution is -2.43. The summed E-state index contributed by atoms with van der Waals surface area (Å²) in [4.78, 5) is 25.5. The fourth-order valence-corrected chi connectivity index (χ4v) is 2.08. The van der Waals surface area contributed by atoms with Gasteiger partial charge in [0.25, 0.3) is 11.7 Å². The standard InChI is InChI=1S/C10H11NO3S/c12-9(8-2-1-7-15-8)10(13)11-3-5-14-6-4-11/h1-2,7H,3-6H2. The molecule has 1 amide bonds. The van der Waals surface area contributed by atoms with Gasteiger partial charge in [-0.1, -0.05) is 6.07 Å². The maximum atomic E-state index is 11.7. The molecule has 5 heteroatoms. The maximum absolute atomic E-state index is 11.7. The minimum atomic E-state index is -0.416. The van der Waals surface area contributed by atoms with E-state index in [2.05, 4.69) is 0 Å². The molecule has 0 radical (unpaired) electrons. The van der Waals surface area contributed by atoms with Crippen molar-refractivity contribution in [2.45, 2.75) is 0 Å². The molecule has 1 fully saturated rings. The third-order valence-electron chi connectivity index (χ3n) is 2.24. The van der Waals surface area contributed by atoms with Gasteiger partial charge in [0.15, 0.2) is 0 Å². The van der Waals surface area contributed by atoms with E-state index in [9.17, 15) is 9.59 Å². The molecule has 80 valence electrons. The molecule has 2 rings (SSSR count). The van der Waals surface area contributed by atoms with Gasteiger partial charge in [0.05, 0.1) is 18.1 Å². The van der Waals surface area contributed by atoms with Gasteiger partial charge in [-0.2, -0.15) is 0 Å². The number of morpholine rings is 1. The summed E-state index contributed by atoms with van der Waals surface area (Å²) in [6.07, 6.45) is 0. The lowest BCUT2D eigenvalue weighted by molar-refractivity contribution is -0.130. The fraction of sp³-hybridized carbons (Fsp3) is 0.400. The highest BCUT2D eigenvalue weighted by atomic mass is 32.1. The number of carbonyl (C=O) groups is 2. The molecule has 0 saturated carbocycles. The topological polar surface area (TPSA) is 46.6 Å². The van der Waals surface area contributed by atoms with Crippen LogP contribution in [0.4, 0.5) is 0 Å². The molecule has 0 bridgehead atoms. The first kappa shape index (κ1) is 10.3. The Balaban J connectivity index is 2.04. The summed E-state index contributed by atoms with van der Waals surface area (Å²) in [6.45, 7) is 2.05. The van der Waals surface area contributed by atoms with Crippen LogP contribution in [0.2, 0.25) is 0 Å². The normalized spacial score (nSPS) is 16.4. The van der Waals surface area contributed by atoms with Crippen LogP contribution in [0.5, 0.6) is 0 Å². The third kappa shape index (κ3) is 2.24. The van der Waals surface area contributed by atoms with Crippen LogP contribution < -0.4 is 0 Å². The van der Waals surface area contributed by atoms with Crippen molar-refractivity contribution in [3.8, 4) is 0 Å². The Kier molecular flexibility index (Phi) is 3.13. The lowest BCUT2D eigenvalue weighted by atomic mass is 10.2. The molecule has 1 aromatic rings. The van der Waals surface area contributed by atoms with Crippen LogP contribution in [0.15, 0.2) is 17.5 Å². The summed E-state index contributed by atoms with van der Waals surface area (Å²) in [5.74, 6) is -0.826. The van der Waals surface area contributed by atoms with Crippen molar-refractivity contribution in [2.75, 3.05) is 26.3 Å². The number of amides is 1. The molecule has 15 heavy (non-hydrogen) atoms. The number of rotatable bonds is 2. The number of thiophene rings is 1. The quantitative estimate of drug-likeness (QED) is 0.552. The number of carbonyl (C=O) groups excluding carboxylic acids is 2. The zero-order valence-corrected chi connectivity index (χ0v) is 8.96. The summed E-state index contributed by atoms with van der Waals surface area (Å²) in [6, 6.07) is 3.44. The predicted molar refractivity (Wildman–Crippen MR) is 56.0 cm³/mol. The molecule has 0 aromatic carbocycles. The van der Waals surface area contributed by atoms with Crippen molar-refractivity contribution < 1.29 is 14.3 Å². The first-order valence-corrected chi connectivity index (χ1v) is 5.62. The number of ketones is 1. The van der Waals surface area contributed by atoms with Gasteiger partial charge in [0, 0.05) is 13.1 Å². The van der Waals surface area contributed by atoms with Gasteiger partial charge in [-0.25, -0.2) is 0 Å². The molecule has 2 heterocycles. The van der Waals surface area contributed by atoms with Crippen molar-refractivity contribution in [2.24, 2.45) is 0 Å². The van der Waals surface area contributed by atoms with Crippen LogP contribution in [-0.2, 0) is 9.53 Å². The Bertz CT molecular complexity index is 355. The highest BCUT2D eigenvalue weighted by Crippen LogP contribution is 2.11. The van der Waals surface area contributed by atoms with Crippen molar-refractivity contribution in [3.63, 3.8) is 0 Å². The summed E-state index contributed by atoms with van der Waals surface area (Å²) in [5.41, 5.74) is 0.